The van der Waals surface area contributed by atoms with Crippen molar-refractivity contribution in [3.63, 3.8) is 0 Å². The molecule has 1 amide bonds. The maximum Gasteiger partial charge on any atom is 0.254 e. The Morgan fingerprint density at radius 1 is 1.35 bits per heavy atom. The Morgan fingerprint density at radius 2 is 2.16 bits per heavy atom. The number of amides is 1. The lowest BCUT2D eigenvalue weighted by molar-refractivity contribution is -0.0936. The molecule has 3 heterocycles. The van der Waals surface area contributed by atoms with Gasteiger partial charge in [-0.25, -0.2) is 4.98 Å². The number of carbonyl (C=O) groups excluding carboxylic acids is 1. The van der Waals surface area contributed by atoms with Crippen molar-refractivity contribution in [2.75, 3.05) is 18.4 Å². The van der Waals surface area contributed by atoms with Crippen LogP contribution in [0.25, 0.3) is 0 Å². The Balaban J connectivity index is 1.32. The van der Waals surface area contributed by atoms with Gasteiger partial charge in [-0.3, -0.25) is 14.4 Å². The number of anilines is 2. The average molecular weight is 426 g/mol. The van der Waals surface area contributed by atoms with E-state index in [0.29, 0.717) is 23.0 Å². The maximum atomic E-state index is 13.4. The molecule has 2 aliphatic carbocycles. The molecule has 2 aromatic heterocycles. The van der Waals surface area contributed by atoms with Crippen LogP contribution in [0.3, 0.4) is 0 Å². The number of halogens is 1. The Labute approximate surface area is 180 Å². The molecular weight excluding hydrogens is 397 g/mol. The Hall–Kier alpha value is -2.81. The van der Waals surface area contributed by atoms with Crippen molar-refractivity contribution in [1.82, 2.24) is 19.7 Å². The van der Waals surface area contributed by atoms with Crippen LogP contribution in [0.2, 0.25) is 0 Å². The van der Waals surface area contributed by atoms with Gasteiger partial charge in [-0.2, -0.15) is 9.49 Å². The lowest BCUT2D eigenvalue weighted by Gasteiger charge is -2.59. The van der Waals surface area contributed by atoms with Gasteiger partial charge in [0.05, 0.1) is 6.04 Å². The fourth-order valence-corrected chi connectivity index (χ4v) is 5.52. The number of rotatable bonds is 6. The molecule has 164 valence electrons. The molecule has 9 heteroatoms. The van der Waals surface area contributed by atoms with Crippen molar-refractivity contribution < 1.29 is 9.18 Å². The van der Waals surface area contributed by atoms with Crippen LogP contribution in [0.5, 0.6) is 0 Å². The highest BCUT2D eigenvalue weighted by Gasteiger charge is 2.50. The summed E-state index contributed by atoms with van der Waals surface area (Å²) in [5, 5.41) is 15.6. The molecule has 5 rings (SSSR count). The van der Waals surface area contributed by atoms with Gasteiger partial charge in [0.2, 0.25) is 5.95 Å². The average Bonchev–Trinajstić information content (AvgIpc) is 3.09. The standard InChI is InChI=1S/C22H28FN7O/c23-19-9-15(4-7-26-19)27-21-17(20(25)31)11-30(28-21)18-3-2-16(8-14(18)10-24)29-12-22(13-29)5-1-6-22/h4,7,9-11,14,16,18,24H,1-3,5-6,8,12-13H2,(H2,25,31)(H,26,27,28)/t14-,16-,18+/m1/s1. The smallest absolute Gasteiger partial charge is 0.254 e. The summed E-state index contributed by atoms with van der Waals surface area (Å²) in [4.78, 5) is 18.1. The zero-order valence-corrected chi connectivity index (χ0v) is 17.4. The first-order valence-electron chi connectivity index (χ1n) is 11.0. The van der Waals surface area contributed by atoms with E-state index in [1.54, 1.807) is 16.9 Å². The molecule has 1 spiro atoms. The summed E-state index contributed by atoms with van der Waals surface area (Å²) in [6.45, 7) is 2.41. The van der Waals surface area contributed by atoms with Crippen LogP contribution >= 0.6 is 0 Å². The zero-order chi connectivity index (χ0) is 21.6. The number of aromatic nitrogens is 3. The molecule has 3 fully saturated rings. The van der Waals surface area contributed by atoms with E-state index in [1.165, 1.54) is 50.8 Å². The molecule has 1 saturated heterocycles. The minimum absolute atomic E-state index is 0.00415. The second-order valence-corrected chi connectivity index (χ2v) is 9.35. The van der Waals surface area contributed by atoms with Crippen LogP contribution in [0.15, 0.2) is 24.5 Å². The molecule has 2 aromatic rings. The van der Waals surface area contributed by atoms with E-state index in [9.17, 15) is 9.18 Å². The van der Waals surface area contributed by atoms with Gasteiger partial charge in [0.25, 0.3) is 5.91 Å². The highest BCUT2D eigenvalue weighted by Crippen LogP contribution is 2.50. The van der Waals surface area contributed by atoms with Gasteiger partial charge < -0.3 is 16.5 Å². The highest BCUT2D eigenvalue weighted by molar-refractivity contribution is 5.98. The molecule has 2 saturated carbocycles. The summed E-state index contributed by atoms with van der Waals surface area (Å²) in [6, 6.07) is 3.34. The molecule has 1 aliphatic heterocycles. The summed E-state index contributed by atoms with van der Waals surface area (Å²) >= 11 is 0. The number of carbonyl (C=O) groups is 1. The monoisotopic (exact) mass is 425 g/mol. The number of hydrogen-bond acceptors (Lipinski definition) is 6. The van der Waals surface area contributed by atoms with Crippen LogP contribution < -0.4 is 11.1 Å². The molecule has 0 aromatic carbocycles. The number of nitrogens with one attached hydrogen (secondary N) is 2. The molecule has 0 radical (unpaired) electrons. The third-order valence-corrected chi connectivity index (χ3v) is 7.38. The van der Waals surface area contributed by atoms with Gasteiger partial charge in [0.1, 0.15) is 5.56 Å². The first-order valence-corrected chi connectivity index (χ1v) is 11.0. The van der Waals surface area contributed by atoms with E-state index >= 15 is 0 Å². The van der Waals surface area contributed by atoms with Crippen LogP contribution in [0, 0.1) is 22.7 Å². The van der Waals surface area contributed by atoms with E-state index in [4.69, 9.17) is 11.1 Å². The van der Waals surface area contributed by atoms with E-state index in [0.717, 1.165) is 19.3 Å². The largest absolute Gasteiger partial charge is 0.365 e. The summed E-state index contributed by atoms with van der Waals surface area (Å²) in [6.07, 6.45) is 11.5. The van der Waals surface area contributed by atoms with Gasteiger partial charge in [0.15, 0.2) is 5.82 Å². The maximum absolute atomic E-state index is 13.4. The lowest BCUT2D eigenvalue weighted by atomic mass is 9.62. The van der Waals surface area contributed by atoms with Gasteiger partial charge in [-0.1, -0.05) is 6.42 Å². The van der Waals surface area contributed by atoms with Crippen LogP contribution in [-0.2, 0) is 0 Å². The van der Waals surface area contributed by atoms with Crippen molar-refractivity contribution in [3.8, 4) is 0 Å². The Bertz CT molecular complexity index is 993. The predicted molar refractivity (Wildman–Crippen MR) is 115 cm³/mol. The molecule has 4 N–H and O–H groups in total. The van der Waals surface area contributed by atoms with Crippen LogP contribution in [-0.4, -0.2) is 50.9 Å². The molecule has 31 heavy (non-hydrogen) atoms. The normalized spacial score (nSPS) is 27.3. The summed E-state index contributed by atoms with van der Waals surface area (Å²) in [5.41, 5.74) is 6.86. The van der Waals surface area contributed by atoms with E-state index in [-0.39, 0.29) is 17.5 Å². The number of pyridine rings is 1. The van der Waals surface area contributed by atoms with Crippen LogP contribution in [0.4, 0.5) is 15.9 Å². The Kier molecular flexibility index (Phi) is 5.00. The summed E-state index contributed by atoms with van der Waals surface area (Å²) in [5.74, 6) is -0.890. The van der Waals surface area contributed by atoms with E-state index in [1.807, 2.05) is 0 Å². The Morgan fingerprint density at radius 3 is 2.81 bits per heavy atom. The van der Waals surface area contributed by atoms with E-state index < -0.39 is 11.9 Å². The number of nitrogens with zero attached hydrogens (tertiary/aromatic N) is 4. The molecular formula is C22H28FN7O. The van der Waals surface area contributed by atoms with Crippen molar-refractivity contribution in [2.24, 2.45) is 17.1 Å². The second-order valence-electron chi connectivity index (χ2n) is 9.35. The van der Waals surface area contributed by atoms with Crippen molar-refractivity contribution in [1.29, 1.82) is 5.41 Å². The SMILES string of the molecule is N=C[C@H]1C[C@H](N2CC3(CCC3)C2)CC[C@@H]1n1cc(C(N)=O)c(Nc2ccnc(F)c2)n1. The third kappa shape index (κ3) is 3.71. The minimum Gasteiger partial charge on any atom is -0.365 e. The van der Waals surface area contributed by atoms with Crippen molar-refractivity contribution in [3.05, 3.63) is 36.0 Å². The third-order valence-electron chi connectivity index (χ3n) is 7.38. The number of hydrogen-bond donors (Lipinski definition) is 3. The quantitative estimate of drug-likeness (QED) is 0.486. The molecule has 0 bridgehead atoms. The van der Waals surface area contributed by atoms with Gasteiger partial charge >= 0.3 is 0 Å². The van der Waals surface area contributed by atoms with Gasteiger partial charge in [0, 0.05) is 55.4 Å². The summed E-state index contributed by atoms with van der Waals surface area (Å²) in [7, 11) is 0. The topological polar surface area (TPSA) is 113 Å². The van der Waals surface area contributed by atoms with Gasteiger partial charge in [-0.05, 0) is 43.6 Å². The fourth-order valence-electron chi connectivity index (χ4n) is 5.52. The zero-order valence-electron chi connectivity index (χ0n) is 17.4. The number of primary amides is 1. The van der Waals surface area contributed by atoms with Crippen molar-refractivity contribution >= 4 is 23.6 Å². The molecule has 3 aliphatic rings. The highest BCUT2D eigenvalue weighted by atomic mass is 19.1. The number of nitrogens with two attached hydrogens (primary N) is 1. The molecule has 8 nitrogen and oxygen atoms in total. The van der Waals surface area contributed by atoms with Crippen LogP contribution in [0.1, 0.15) is 54.9 Å². The fraction of sp³-hybridized carbons (Fsp3) is 0.545. The number of likely N-dealkylation sites (tertiary alicyclic amines) is 1. The second kappa shape index (κ2) is 7.71. The van der Waals surface area contributed by atoms with Gasteiger partial charge in [-0.15, -0.1) is 0 Å². The minimum atomic E-state index is -0.623. The summed E-state index contributed by atoms with van der Waals surface area (Å²) < 4.78 is 15.2. The first-order chi connectivity index (χ1) is 15.0. The van der Waals surface area contributed by atoms with E-state index in [2.05, 4.69) is 20.3 Å². The van der Waals surface area contributed by atoms with Crippen molar-refractivity contribution in [2.45, 2.75) is 50.6 Å². The lowest BCUT2D eigenvalue weighted by Crippen LogP contribution is -2.63. The first kappa shape index (κ1) is 20.1. The predicted octanol–water partition coefficient (Wildman–Crippen LogP) is 3.10. The molecule has 3 atom stereocenters. The molecule has 0 unspecified atom stereocenters.